The first-order chi connectivity index (χ1) is 11.6. The fourth-order valence-corrected chi connectivity index (χ4v) is 5.60. The van der Waals surface area contributed by atoms with Gasteiger partial charge in [-0.15, -0.1) is 0 Å². The summed E-state index contributed by atoms with van der Waals surface area (Å²) in [4.78, 5) is 35.6. The lowest BCUT2D eigenvalue weighted by Crippen LogP contribution is -2.40. The number of carbonyl (C=O) groups excluding carboxylic acids is 3. The molecular formula is C18H22O6. The highest BCUT2D eigenvalue weighted by molar-refractivity contribution is 5.96. The van der Waals surface area contributed by atoms with Gasteiger partial charge in [-0.05, 0) is 50.4 Å². The van der Waals surface area contributed by atoms with Crippen LogP contribution in [0.1, 0.15) is 44.9 Å². The van der Waals surface area contributed by atoms with E-state index < -0.39 is 0 Å². The lowest BCUT2D eigenvalue weighted by atomic mass is 9.66. The summed E-state index contributed by atoms with van der Waals surface area (Å²) in [5.74, 6) is 0.109. The number of cyclic esters (lactones) is 2. The highest BCUT2D eigenvalue weighted by Gasteiger charge is 2.58. The van der Waals surface area contributed by atoms with Gasteiger partial charge >= 0.3 is 17.9 Å². The quantitative estimate of drug-likeness (QED) is 0.435. The molecule has 0 aromatic rings. The molecular weight excluding hydrogens is 312 g/mol. The summed E-state index contributed by atoms with van der Waals surface area (Å²) in [5.41, 5.74) is 0. The minimum atomic E-state index is -0.328. The monoisotopic (exact) mass is 334 g/mol. The second-order valence-corrected chi connectivity index (χ2v) is 8.22. The molecule has 130 valence electrons. The van der Waals surface area contributed by atoms with E-state index in [0.717, 1.165) is 44.9 Å². The molecule has 0 spiro atoms. The van der Waals surface area contributed by atoms with E-state index >= 15 is 0 Å². The maximum atomic E-state index is 12.1. The Hall–Kier alpha value is -1.43. The molecule has 7 unspecified atom stereocenters. The van der Waals surface area contributed by atoms with Crippen molar-refractivity contribution in [2.24, 2.45) is 35.5 Å². The number of rotatable bonds is 2. The van der Waals surface area contributed by atoms with Gasteiger partial charge in [-0.1, -0.05) is 6.42 Å². The summed E-state index contributed by atoms with van der Waals surface area (Å²) in [6.07, 6.45) is 6.45. The van der Waals surface area contributed by atoms with Gasteiger partial charge in [0.2, 0.25) is 6.29 Å². The van der Waals surface area contributed by atoms with Crippen LogP contribution in [-0.2, 0) is 28.6 Å². The van der Waals surface area contributed by atoms with E-state index in [4.69, 9.17) is 14.2 Å². The molecule has 2 aliphatic carbocycles. The average Bonchev–Trinajstić information content (AvgIpc) is 3.28. The van der Waals surface area contributed by atoms with Crippen LogP contribution in [0.2, 0.25) is 0 Å². The molecule has 24 heavy (non-hydrogen) atoms. The molecule has 6 nitrogen and oxygen atoms in total. The van der Waals surface area contributed by atoms with Crippen LogP contribution in [0.15, 0.2) is 0 Å². The maximum absolute atomic E-state index is 12.1. The standard InChI is InChI=1S/C18H22O6/c19-15-11-4-2-9(7-13(11)16(20)23-15)5-8-1-3-10-12(6-8)17(21)24-18-14(10)22-18/h8-14,18H,1-7H2/t8?,9?,10?,11?,12?,13?,14?,18-/m1/s1. The smallest absolute Gasteiger partial charge is 0.317 e. The SMILES string of the molecule is O=C1OC(=O)C2CC(CC3CCC4C(C3)C(=O)O[C@H]3OC43)CCC12. The number of epoxide rings is 1. The van der Waals surface area contributed by atoms with Crippen LogP contribution in [0, 0.1) is 35.5 Å². The lowest BCUT2D eigenvalue weighted by Gasteiger charge is -2.38. The molecule has 6 heteroatoms. The fraction of sp³-hybridized carbons (Fsp3) is 0.833. The van der Waals surface area contributed by atoms with Gasteiger partial charge in [0.1, 0.15) is 6.10 Å². The summed E-state index contributed by atoms with van der Waals surface area (Å²) in [7, 11) is 0. The topological polar surface area (TPSA) is 82.2 Å². The Labute approximate surface area is 140 Å². The number of fused-ring (bicyclic) bond motifs is 4. The Morgan fingerprint density at radius 2 is 1.50 bits per heavy atom. The van der Waals surface area contributed by atoms with Crippen LogP contribution in [0.5, 0.6) is 0 Å². The molecule has 5 aliphatic rings. The number of hydrogen-bond donors (Lipinski definition) is 0. The Morgan fingerprint density at radius 3 is 2.33 bits per heavy atom. The average molecular weight is 334 g/mol. The molecule has 0 amide bonds. The highest BCUT2D eigenvalue weighted by atomic mass is 16.8. The van der Waals surface area contributed by atoms with E-state index in [9.17, 15) is 14.4 Å². The minimum Gasteiger partial charge on any atom is -0.433 e. The maximum Gasteiger partial charge on any atom is 0.317 e. The molecule has 0 aromatic carbocycles. The van der Waals surface area contributed by atoms with E-state index in [2.05, 4.69) is 0 Å². The van der Waals surface area contributed by atoms with Crippen molar-refractivity contribution >= 4 is 17.9 Å². The van der Waals surface area contributed by atoms with Crippen LogP contribution < -0.4 is 0 Å². The van der Waals surface area contributed by atoms with Crippen molar-refractivity contribution in [2.75, 3.05) is 0 Å². The molecule has 0 N–H and O–H groups in total. The molecule has 0 bridgehead atoms. The molecule has 5 rings (SSSR count). The van der Waals surface area contributed by atoms with E-state index in [0.29, 0.717) is 17.8 Å². The number of carbonyl (C=O) groups is 3. The Morgan fingerprint density at radius 1 is 0.792 bits per heavy atom. The van der Waals surface area contributed by atoms with Crippen molar-refractivity contribution < 1.29 is 28.6 Å². The largest absolute Gasteiger partial charge is 0.433 e. The van der Waals surface area contributed by atoms with Gasteiger partial charge in [0.05, 0.1) is 17.8 Å². The number of esters is 3. The van der Waals surface area contributed by atoms with Gasteiger partial charge in [-0.25, -0.2) is 0 Å². The second-order valence-electron chi connectivity index (χ2n) is 8.22. The van der Waals surface area contributed by atoms with Crippen molar-refractivity contribution in [1.29, 1.82) is 0 Å². The van der Waals surface area contributed by atoms with E-state index in [1.54, 1.807) is 0 Å². The minimum absolute atomic E-state index is 0.0122. The first kappa shape index (κ1) is 14.9. The molecule has 0 radical (unpaired) electrons. The Balaban J connectivity index is 1.21. The number of ether oxygens (including phenoxy) is 3. The Kier molecular flexibility index (Phi) is 3.27. The first-order valence-electron chi connectivity index (χ1n) is 9.21. The van der Waals surface area contributed by atoms with Crippen molar-refractivity contribution in [3.8, 4) is 0 Å². The highest BCUT2D eigenvalue weighted by Crippen LogP contribution is 2.50. The van der Waals surface area contributed by atoms with Crippen molar-refractivity contribution in [3.05, 3.63) is 0 Å². The van der Waals surface area contributed by atoms with E-state index in [1.165, 1.54) is 0 Å². The third kappa shape index (κ3) is 2.30. The summed E-state index contributed by atoms with van der Waals surface area (Å²) >= 11 is 0. The van der Waals surface area contributed by atoms with Gasteiger partial charge in [0.15, 0.2) is 0 Å². The predicted octanol–water partition coefficient (Wildman–Crippen LogP) is 1.81. The molecule has 3 aliphatic heterocycles. The summed E-state index contributed by atoms with van der Waals surface area (Å²) in [6.45, 7) is 0. The van der Waals surface area contributed by atoms with Crippen molar-refractivity contribution in [3.63, 3.8) is 0 Å². The van der Waals surface area contributed by atoms with E-state index in [1.807, 2.05) is 0 Å². The summed E-state index contributed by atoms with van der Waals surface area (Å²) < 4.78 is 15.5. The van der Waals surface area contributed by atoms with Crippen LogP contribution in [0.25, 0.3) is 0 Å². The van der Waals surface area contributed by atoms with Crippen LogP contribution in [-0.4, -0.2) is 30.3 Å². The zero-order chi connectivity index (χ0) is 16.4. The third-order valence-corrected chi connectivity index (χ3v) is 6.88. The molecule has 2 saturated carbocycles. The van der Waals surface area contributed by atoms with Crippen LogP contribution >= 0.6 is 0 Å². The van der Waals surface area contributed by atoms with Gasteiger partial charge in [0.25, 0.3) is 0 Å². The predicted molar refractivity (Wildman–Crippen MR) is 79.1 cm³/mol. The normalized spacial score (nSPS) is 49.6. The van der Waals surface area contributed by atoms with Gasteiger partial charge < -0.3 is 14.2 Å². The third-order valence-electron chi connectivity index (χ3n) is 6.88. The Bertz CT molecular complexity index is 600. The zero-order valence-corrected chi connectivity index (χ0v) is 13.5. The summed E-state index contributed by atoms with van der Waals surface area (Å²) in [5, 5.41) is 0. The van der Waals surface area contributed by atoms with Crippen LogP contribution in [0.4, 0.5) is 0 Å². The molecule has 5 fully saturated rings. The van der Waals surface area contributed by atoms with Crippen molar-refractivity contribution in [2.45, 2.75) is 57.3 Å². The van der Waals surface area contributed by atoms with Crippen LogP contribution in [0.3, 0.4) is 0 Å². The second kappa shape index (κ2) is 5.28. The molecule has 0 aromatic heterocycles. The molecule has 3 saturated heterocycles. The van der Waals surface area contributed by atoms with Gasteiger partial charge in [-0.3, -0.25) is 14.4 Å². The molecule has 3 heterocycles. The summed E-state index contributed by atoms with van der Waals surface area (Å²) in [6, 6.07) is 0. The van der Waals surface area contributed by atoms with Crippen molar-refractivity contribution in [1.82, 2.24) is 0 Å². The van der Waals surface area contributed by atoms with Gasteiger partial charge in [0, 0.05) is 5.92 Å². The van der Waals surface area contributed by atoms with E-state index in [-0.39, 0.29) is 48.1 Å². The molecule has 8 atom stereocenters. The first-order valence-corrected chi connectivity index (χ1v) is 9.21. The lowest BCUT2D eigenvalue weighted by molar-refractivity contribution is -0.160. The van der Waals surface area contributed by atoms with Gasteiger partial charge in [-0.2, -0.15) is 0 Å². The number of hydrogen-bond acceptors (Lipinski definition) is 6. The fourth-order valence-electron chi connectivity index (χ4n) is 5.60. The zero-order valence-electron chi connectivity index (χ0n) is 13.5.